The lowest BCUT2D eigenvalue weighted by molar-refractivity contribution is 0.237. The van der Waals surface area contributed by atoms with Gasteiger partial charge in [0.25, 0.3) is 0 Å². The fourth-order valence-corrected chi connectivity index (χ4v) is 6.04. The molecular weight excluding hydrogens is 567 g/mol. The third kappa shape index (κ3) is 6.41. The van der Waals surface area contributed by atoms with E-state index in [0.717, 1.165) is 87.4 Å². The molecule has 230 valence electrons. The number of fused-ring (bicyclic) bond motifs is 2. The largest absolute Gasteiger partial charge is 0.492 e. The van der Waals surface area contributed by atoms with E-state index in [1.807, 2.05) is 61.6 Å². The van der Waals surface area contributed by atoms with Crippen molar-refractivity contribution in [2.45, 2.75) is 12.8 Å². The molecule has 1 saturated heterocycles. The van der Waals surface area contributed by atoms with Gasteiger partial charge in [-0.2, -0.15) is 5.10 Å². The first-order valence-electron chi connectivity index (χ1n) is 15.5. The summed E-state index contributed by atoms with van der Waals surface area (Å²) in [6, 6.07) is 21.3. The van der Waals surface area contributed by atoms with Crippen LogP contribution in [0.4, 0.5) is 4.39 Å². The second-order valence-electron chi connectivity index (χ2n) is 11.9. The first-order chi connectivity index (χ1) is 22.0. The Balaban J connectivity index is 1.17. The van der Waals surface area contributed by atoms with Gasteiger partial charge < -0.3 is 19.4 Å². The van der Waals surface area contributed by atoms with E-state index in [1.165, 1.54) is 18.9 Å². The lowest BCUT2D eigenvalue weighted by Crippen LogP contribution is -2.25. The summed E-state index contributed by atoms with van der Waals surface area (Å²) in [5, 5.41) is 9.83. The van der Waals surface area contributed by atoms with Crippen LogP contribution in [0.5, 0.6) is 11.5 Å². The second kappa shape index (κ2) is 12.7. The zero-order valence-electron chi connectivity index (χ0n) is 25.6. The summed E-state index contributed by atoms with van der Waals surface area (Å²) >= 11 is 0. The van der Waals surface area contributed by atoms with Crippen molar-refractivity contribution < 1.29 is 13.9 Å². The third-order valence-electron chi connectivity index (χ3n) is 8.39. The van der Waals surface area contributed by atoms with Gasteiger partial charge in [-0.3, -0.25) is 15.0 Å². The highest BCUT2D eigenvalue weighted by Gasteiger charge is 2.16. The molecule has 0 bridgehead atoms. The normalized spacial score (nSPS) is 13.8. The number of H-pyrrole nitrogens is 2. The minimum Gasteiger partial charge on any atom is -0.492 e. The summed E-state index contributed by atoms with van der Waals surface area (Å²) in [5.41, 5.74) is 7.25. The Hall–Kier alpha value is -4.73. The monoisotopic (exact) mass is 604 g/mol. The Morgan fingerprint density at radius 2 is 1.67 bits per heavy atom. The third-order valence-corrected chi connectivity index (χ3v) is 8.39. The predicted octanol–water partition coefficient (Wildman–Crippen LogP) is 6.99. The lowest BCUT2D eigenvalue weighted by Gasteiger charge is -2.15. The minimum absolute atomic E-state index is 0.332. The van der Waals surface area contributed by atoms with Crippen LogP contribution in [0.15, 0.2) is 79.1 Å². The smallest absolute Gasteiger partial charge is 0.138 e. The highest BCUT2D eigenvalue weighted by molar-refractivity contribution is 6.02. The van der Waals surface area contributed by atoms with Gasteiger partial charge >= 0.3 is 0 Å². The van der Waals surface area contributed by atoms with Gasteiger partial charge in [0.2, 0.25) is 0 Å². The van der Waals surface area contributed by atoms with E-state index in [0.29, 0.717) is 19.0 Å². The summed E-state index contributed by atoms with van der Waals surface area (Å²) in [5.74, 6) is 0.952. The maximum Gasteiger partial charge on any atom is 0.138 e. The van der Waals surface area contributed by atoms with Crippen molar-refractivity contribution in [2.24, 2.45) is 0 Å². The summed E-state index contributed by atoms with van der Waals surface area (Å²) in [6.45, 7) is 5.13. The molecule has 0 spiro atoms. The Bertz CT molecular complexity index is 1940. The van der Waals surface area contributed by atoms with Crippen LogP contribution >= 0.6 is 0 Å². The molecule has 0 unspecified atom stereocenters. The molecule has 8 nitrogen and oxygen atoms in total. The zero-order valence-corrected chi connectivity index (χ0v) is 25.6. The molecule has 4 heterocycles. The molecule has 3 aromatic carbocycles. The minimum atomic E-state index is -0.332. The Morgan fingerprint density at radius 1 is 0.822 bits per heavy atom. The number of hydrogen-bond acceptors (Lipinski definition) is 6. The highest BCUT2D eigenvalue weighted by atomic mass is 19.1. The fraction of sp³-hybridized carbons (Fsp3) is 0.278. The van der Waals surface area contributed by atoms with Crippen molar-refractivity contribution in [1.29, 1.82) is 0 Å². The predicted molar refractivity (Wildman–Crippen MR) is 177 cm³/mol. The summed E-state index contributed by atoms with van der Waals surface area (Å²) in [7, 11) is 3.96. The van der Waals surface area contributed by atoms with E-state index in [1.54, 1.807) is 12.3 Å². The highest BCUT2D eigenvalue weighted by Crippen LogP contribution is 2.36. The summed E-state index contributed by atoms with van der Waals surface area (Å²) in [4.78, 5) is 12.5. The van der Waals surface area contributed by atoms with Crippen molar-refractivity contribution in [3.8, 4) is 45.1 Å². The molecule has 0 aliphatic carbocycles. The molecule has 1 aliphatic heterocycles. The number of ether oxygens (including phenoxy) is 2. The number of likely N-dealkylation sites (tertiary alicyclic amines) is 1. The number of pyridine rings is 1. The van der Waals surface area contributed by atoms with Gasteiger partial charge in [0.05, 0.1) is 17.4 Å². The van der Waals surface area contributed by atoms with Crippen molar-refractivity contribution in [2.75, 3.05) is 53.5 Å². The average Bonchev–Trinajstić information content (AvgIpc) is 3.80. The second-order valence-corrected chi connectivity index (χ2v) is 11.9. The molecule has 3 aromatic heterocycles. The van der Waals surface area contributed by atoms with Crippen LogP contribution in [0.3, 0.4) is 0 Å². The number of aromatic amines is 2. The molecule has 9 heteroatoms. The van der Waals surface area contributed by atoms with Crippen LogP contribution in [0.2, 0.25) is 0 Å². The van der Waals surface area contributed by atoms with Gasteiger partial charge in [-0.1, -0.05) is 18.2 Å². The summed E-state index contributed by atoms with van der Waals surface area (Å²) < 4.78 is 26.6. The maximum atomic E-state index is 14.7. The molecule has 6 aromatic rings. The summed E-state index contributed by atoms with van der Waals surface area (Å²) in [6.07, 6.45) is 6.18. The van der Waals surface area contributed by atoms with Gasteiger partial charge in [-0.25, -0.2) is 4.39 Å². The van der Waals surface area contributed by atoms with Crippen molar-refractivity contribution in [3.63, 3.8) is 0 Å². The van der Waals surface area contributed by atoms with E-state index in [2.05, 4.69) is 43.3 Å². The standard InChI is InChI=1S/C36H37FN6O2/c1-42(2)12-14-44-28-17-25(16-27(37)20-28)30-6-5-7-33-31(30)21-35(39-33)36-32-19-24(8-9-34(32)40-41-36)26-18-29(23-38-22-26)45-15-13-43-10-3-4-11-43/h5-9,16-23,39H,3-4,10-15H2,1-2H3,(H,40,41). The molecule has 0 amide bonds. The molecule has 7 rings (SSSR count). The fourth-order valence-electron chi connectivity index (χ4n) is 6.04. The van der Waals surface area contributed by atoms with Gasteiger partial charge in [0, 0.05) is 47.2 Å². The topological polar surface area (TPSA) is 82.3 Å². The van der Waals surface area contributed by atoms with Crippen LogP contribution in [-0.4, -0.2) is 83.5 Å². The first kappa shape index (κ1) is 29.0. The van der Waals surface area contributed by atoms with Gasteiger partial charge in [0.15, 0.2) is 0 Å². The van der Waals surface area contributed by atoms with Crippen LogP contribution in [-0.2, 0) is 0 Å². The van der Waals surface area contributed by atoms with Crippen LogP contribution in [0, 0.1) is 5.82 Å². The van der Waals surface area contributed by atoms with Gasteiger partial charge in [-0.05, 0) is 99.2 Å². The molecule has 1 aliphatic rings. The molecule has 1 fully saturated rings. The van der Waals surface area contributed by atoms with Crippen LogP contribution in [0.25, 0.3) is 55.4 Å². The van der Waals surface area contributed by atoms with E-state index in [4.69, 9.17) is 9.47 Å². The maximum absolute atomic E-state index is 14.7. The quantitative estimate of drug-likeness (QED) is 0.166. The molecule has 0 radical (unpaired) electrons. The van der Waals surface area contributed by atoms with Crippen LogP contribution < -0.4 is 9.47 Å². The van der Waals surface area contributed by atoms with E-state index >= 15 is 0 Å². The Labute approximate surface area is 261 Å². The number of nitrogens with one attached hydrogen (secondary N) is 2. The Morgan fingerprint density at radius 3 is 2.53 bits per heavy atom. The molecular formula is C36H37FN6O2. The number of likely N-dealkylation sites (N-methyl/N-ethyl adjacent to an activating group) is 1. The van der Waals surface area contributed by atoms with Gasteiger partial charge in [-0.15, -0.1) is 0 Å². The lowest BCUT2D eigenvalue weighted by atomic mass is 10.0. The van der Waals surface area contributed by atoms with Crippen molar-refractivity contribution >= 4 is 21.8 Å². The Kier molecular flexibility index (Phi) is 8.19. The molecule has 0 saturated carbocycles. The van der Waals surface area contributed by atoms with Crippen LogP contribution in [0.1, 0.15) is 12.8 Å². The van der Waals surface area contributed by atoms with Crippen molar-refractivity contribution in [1.82, 2.24) is 30.0 Å². The van der Waals surface area contributed by atoms with Gasteiger partial charge in [0.1, 0.15) is 36.2 Å². The van der Waals surface area contributed by atoms with E-state index < -0.39 is 0 Å². The number of nitrogens with zero attached hydrogens (tertiary/aromatic N) is 4. The van der Waals surface area contributed by atoms with E-state index in [9.17, 15) is 4.39 Å². The number of halogens is 1. The number of rotatable bonds is 11. The number of hydrogen-bond donors (Lipinski definition) is 2. The van der Waals surface area contributed by atoms with E-state index in [-0.39, 0.29) is 5.82 Å². The number of aromatic nitrogens is 4. The zero-order chi connectivity index (χ0) is 30.8. The van der Waals surface area contributed by atoms with Crippen molar-refractivity contribution in [3.05, 3.63) is 84.9 Å². The molecule has 2 N–H and O–H groups in total. The first-order valence-corrected chi connectivity index (χ1v) is 15.5. The molecule has 0 atom stereocenters. The SMILES string of the molecule is CN(C)CCOc1cc(F)cc(-c2cccc3[nH]c(-c4n[nH]c5ccc(-c6cncc(OCCN7CCCC7)c6)cc45)cc23)c1. The number of benzene rings is 3. The molecule has 45 heavy (non-hydrogen) atoms. The average molecular weight is 605 g/mol.